The van der Waals surface area contributed by atoms with E-state index in [4.69, 9.17) is 11.6 Å². The van der Waals surface area contributed by atoms with Crippen molar-refractivity contribution in [1.82, 2.24) is 25.2 Å². The Kier molecular flexibility index (Phi) is 6.30. The number of nitrogens with zero attached hydrogens (tertiary/aromatic N) is 5. The second-order valence-electron chi connectivity index (χ2n) is 7.57. The number of carbonyl (C=O) groups excluding carboxylic acids is 2. The van der Waals surface area contributed by atoms with Crippen LogP contribution in [-0.2, 0) is 22.4 Å². The van der Waals surface area contributed by atoms with Crippen LogP contribution in [0.2, 0.25) is 12.0 Å². The molecule has 5 heterocycles. The fourth-order valence-electron chi connectivity index (χ4n) is 3.87. The summed E-state index contributed by atoms with van der Waals surface area (Å²) < 4.78 is 0. The Morgan fingerprint density at radius 3 is 2.23 bits per heavy atom. The lowest BCUT2D eigenvalue weighted by Crippen LogP contribution is -2.47. The second-order valence-corrected chi connectivity index (χ2v) is 7.93. The number of hydrogen-bond acceptors (Lipinski definition) is 9. The minimum absolute atomic E-state index is 0.0209. The quantitative estimate of drug-likeness (QED) is 0.387. The molecule has 162 valence electrons. The smallest absolute Gasteiger partial charge is 0.373 e. The van der Waals surface area contributed by atoms with Crippen LogP contribution in [0.1, 0.15) is 24.0 Å². The molecule has 0 saturated carbocycles. The Morgan fingerprint density at radius 2 is 1.61 bits per heavy atom. The van der Waals surface area contributed by atoms with Crippen LogP contribution in [0.25, 0.3) is 0 Å². The zero-order valence-electron chi connectivity index (χ0n) is 16.9. The molecule has 0 aromatic carbocycles. The number of piperidine rings is 1. The van der Waals surface area contributed by atoms with Crippen molar-refractivity contribution in [3.8, 4) is 0 Å². The Labute approximate surface area is 184 Å². The van der Waals surface area contributed by atoms with Crippen molar-refractivity contribution in [2.45, 2.75) is 38.5 Å². The van der Waals surface area contributed by atoms with Crippen LogP contribution in [0.15, 0.2) is 12.7 Å². The van der Waals surface area contributed by atoms with Crippen LogP contribution in [0.4, 0.5) is 17.5 Å². The van der Waals surface area contributed by atoms with Crippen LogP contribution >= 0.6 is 11.6 Å². The van der Waals surface area contributed by atoms with Crippen LogP contribution in [0.5, 0.6) is 0 Å². The standard InChI is InChI=1S/C12H18BN5O2.C6H4ClN3O/c1-13(20)17-8-2-4-18(5-3-8)12-9-6-10(19)16-11(9)14-7-15-12;7-5-3-1-4(11)10-6(3)9-2-8-5/h7-8,17,20H,2-6H2,1H3,(H,14,15,16,19);2H,1H2,(H,8,9,10,11). The lowest BCUT2D eigenvalue weighted by molar-refractivity contribution is -0.115. The topological polar surface area (TPSA) is 145 Å². The monoisotopic (exact) mass is 444 g/mol. The number of halogens is 1. The molecule has 3 aliphatic heterocycles. The van der Waals surface area contributed by atoms with Gasteiger partial charge in [-0.15, -0.1) is 0 Å². The molecule has 0 radical (unpaired) electrons. The summed E-state index contributed by atoms with van der Waals surface area (Å²) in [7, 11) is -0.475. The maximum absolute atomic E-state index is 11.5. The molecular weight excluding hydrogens is 423 g/mol. The molecule has 13 heteroatoms. The number of rotatable bonds is 3. The van der Waals surface area contributed by atoms with Crippen molar-refractivity contribution in [1.29, 1.82) is 0 Å². The number of carbonyl (C=O) groups is 2. The Balaban J connectivity index is 0.000000177. The SMILES string of the molecule is CB(O)NC1CCN(c2ncnc3c2CC(=O)N3)CC1.O=C1Cc2c(Cl)ncnc2N1. The lowest BCUT2D eigenvalue weighted by atomic mass is 9.85. The van der Waals surface area contributed by atoms with Gasteiger partial charge in [-0.25, -0.2) is 19.9 Å². The van der Waals surface area contributed by atoms with Crippen molar-refractivity contribution in [3.63, 3.8) is 0 Å². The molecule has 1 fully saturated rings. The van der Waals surface area contributed by atoms with Crippen LogP contribution in [0.3, 0.4) is 0 Å². The fraction of sp³-hybridized carbons (Fsp3) is 0.444. The third kappa shape index (κ3) is 4.92. The first-order valence-electron chi connectivity index (χ1n) is 10.0. The average Bonchev–Trinajstić information content (AvgIpc) is 3.30. The maximum Gasteiger partial charge on any atom is 0.373 e. The van der Waals surface area contributed by atoms with E-state index in [2.05, 4.69) is 40.7 Å². The number of aromatic nitrogens is 4. The number of anilines is 3. The molecule has 5 rings (SSSR count). The van der Waals surface area contributed by atoms with E-state index in [0.717, 1.165) is 37.3 Å². The summed E-state index contributed by atoms with van der Waals surface area (Å²) >= 11 is 5.69. The van der Waals surface area contributed by atoms with Gasteiger partial charge in [0.15, 0.2) is 0 Å². The van der Waals surface area contributed by atoms with Crippen molar-refractivity contribution < 1.29 is 14.6 Å². The highest BCUT2D eigenvalue weighted by Crippen LogP contribution is 2.30. The zero-order chi connectivity index (χ0) is 22.0. The summed E-state index contributed by atoms with van der Waals surface area (Å²) in [5, 5.41) is 18.2. The van der Waals surface area contributed by atoms with Gasteiger partial charge in [-0.05, 0) is 19.7 Å². The first-order chi connectivity index (χ1) is 14.9. The molecule has 0 bridgehead atoms. The van der Waals surface area contributed by atoms with Gasteiger partial charge < -0.3 is 25.8 Å². The van der Waals surface area contributed by atoms with E-state index >= 15 is 0 Å². The van der Waals surface area contributed by atoms with Gasteiger partial charge in [0.25, 0.3) is 0 Å². The summed E-state index contributed by atoms with van der Waals surface area (Å²) in [4.78, 5) is 40.5. The van der Waals surface area contributed by atoms with Gasteiger partial charge in [-0.2, -0.15) is 0 Å². The van der Waals surface area contributed by atoms with E-state index in [-0.39, 0.29) is 18.2 Å². The molecule has 4 N–H and O–H groups in total. The summed E-state index contributed by atoms with van der Waals surface area (Å²) in [6.45, 7) is 3.46. The molecular formula is C18H22BClN8O3. The van der Waals surface area contributed by atoms with Gasteiger partial charge in [0.1, 0.15) is 35.3 Å². The van der Waals surface area contributed by atoms with Crippen LogP contribution < -0.4 is 20.8 Å². The van der Waals surface area contributed by atoms with Gasteiger partial charge in [0.2, 0.25) is 11.8 Å². The Hall–Kier alpha value is -2.83. The largest absolute Gasteiger partial charge is 0.437 e. The van der Waals surface area contributed by atoms with Crippen molar-refractivity contribution >= 4 is 47.9 Å². The fourth-order valence-corrected chi connectivity index (χ4v) is 4.07. The highest BCUT2D eigenvalue weighted by molar-refractivity contribution is 6.45. The second kappa shape index (κ2) is 9.12. The van der Waals surface area contributed by atoms with Gasteiger partial charge in [0, 0.05) is 30.3 Å². The van der Waals surface area contributed by atoms with E-state index in [1.807, 2.05) is 0 Å². The van der Waals surface area contributed by atoms with E-state index in [9.17, 15) is 14.6 Å². The number of hydrogen-bond donors (Lipinski definition) is 4. The highest BCUT2D eigenvalue weighted by Gasteiger charge is 2.28. The predicted molar refractivity (Wildman–Crippen MR) is 116 cm³/mol. The van der Waals surface area contributed by atoms with Crippen LogP contribution in [-0.4, -0.2) is 63.0 Å². The number of amides is 2. The van der Waals surface area contributed by atoms with Crippen LogP contribution in [0, 0.1) is 0 Å². The summed E-state index contributed by atoms with van der Waals surface area (Å²) in [6, 6.07) is 0.334. The third-order valence-corrected chi connectivity index (χ3v) is 5.60. The molecule has 3 aliphatic rings. The minimum atomic E-state index is -0.475. The van der Waals surface area contributed by atoms with E-state index < -0.39 is 7.05 Å². The average molecular weight is 445 g/mol. The normalized spacial score (nSPS) is 17.3. The number of nitrogens with one attached hydrogen (secondary N) is 3. The Bertz CT molecular complexity index is 1000. The van der Waals surface area contributed by atoms with Crippen molar-refractivity contribution in [2.75, 3.05) is 28.6 Å². The molecule has 0 spiro atoms. The third-order valence-electron chi connectivity index (χ3n) is 5.28. The predicted octanol–water partition coefficient (Wildman–Crippen LogP) is 0.264. The van der Waals surface area contributed by atoms with Crippen molar-refractivity contribution in [2.24, 2.45) is 0 Å². The molecule has 0 aliphatic carbocycles. The molecule has 31 heavy (non-hydrogen) atoms. The lowest BCUT2D eigenvalue weighted by Gasteiger charge is -2.34. The molecule has 2 aromatic heterocycles. The van der Waals surface area contributed by atoms with Gasteiger partial charge in [-0.3, -0.25) is 9.59 Å². The Morgan fingerprint density at radius 1 is 1.03 bits per heavy atom. The maximum atomic E-state index is 11.5. The van der Waals surface area contributed by atoms with Gasteiger partial charge >= 0.3 is 7.05 Å². The molecule has 0 unspecified atom stereocenters. The first kappa shape index (κ1) is 21.4. The summed E-state index contributed by atoms with van der Waals surface area (Å²) in [6.07, 6.45) is 5.37. The number of fused-ring (bicyclic) bond motifs is 2. The molecule has 1 saturated heterocycles. The van der Waals surface area contributed by atoms with E-state index in [1.165, 1.54) is 12.7 Å². The summed E-state index contributed by atoms with van der Waals surface area (Å²) in [5.74, 6) is 1.94. The molecule has 2 aromatic rings. The van der Waals surface area contributed by atoms with Gasteiger partial charge in [0.05, 0.1) is 12.8 Å². The minimum Gasteiger partial charge on any atom is -0.437 e. The van der Waals surface area contributed by atoms with Crippen molar-refractivity contribution in [3.05, 3.63) is 28.9 Å². The molecule has 2 amide bonds. The highest BCUT2D eigenvalue weighted by atomic mass is 35.5. The molecule has 0 atom stereocenters. The molecule has 11 nitrogen and oxygen atoms in total. The zero-order valence-corrected chi connectivity index (χ0v) is 17.7. The van der Waals surface area contributed by atoms with E-state index in [1.54, 1.807) is 6.82 Å². The van der Waals surface area contributed by atoms with E-state index in [0.29, 0.717) is 34.8 Å². The summed E-state index contributed by atoms with van der Waals surface area (Å²) in [5.41, 5.74) is 1.60. The first-order valence-corrected chi connectivity index (χ1v) is 10.4. The van der Waals surface area contributed by atoms with Gasteiger partial charge in [-0.1, -0.05) is 11.6 Å².